The lowest BCUT2D eigenvalue weighted by Crippen LogP contribution is -2.13. The number of anilines is 2. The van der Waals surface area contributed by atoms with Crippen LogP contribution in [-0.2, 0) is 0 Å². The molecule has 0 saturated heterocycles. The molecular formula is C19H19N7O2S. The summed E-state index contributed by atoms with van der Waals surface area (Å²) < 4.78 is 5.54. The van der Waals surface area contributed by atoms with Gasteiger partial charge in [-0.05, 0) is 43.3 Å². The topological polar surface area (TPSA) is 152 Å². The zero-order chi connectivity index (χ0) is 20.8. The summed E-state index contributed by atoms with van der Waals surface area (Å²) in [5, 5.41) is 10.5. The lowest BCUT2D eigenvalue weighted by atomic mass is 10.2. The van der Waals surface area contributed by atoms with E-state index in [1.54, 1.807) is 42.6 Å². The van der Waals surface area contributed by atoms with Crippen LogP contribution in [0.5, 0.6) is 5.88 Å². The molecule has 1 aromatic carbocycles. The number of aromatic nitrogens is 2. The van der Waals surface area contributed by atoms with Gasteiger partial charge in [-0.1, -0.05) is 0 Å². The van der Waals surface area contributed by atoms with E-state index in [2.05, 4.69) is 20.3 Å². The van der Waals surface area contributed by atoms with E-state index in [0.29, 0.717) is 39.4 Å². The SMILES string of the molecule is CCOc1nc(-c2ccnc(NC(=O)c3ccc(N)cc3)c2)sc1C(N)=NC=N. The van der Waals surface area contributed by atoms with Crippen molar-refractivity contribution < 1.29 is 9.53 Å². The first-order chi connectivity index (χ1) is 14.0. The molecule has 10 heteroatoms. The zero-order valence-electron chi connectivity index (χ0n) is 15.5. The van der Waals surface area contributed by atoms with Gasteiger partial charge in [-0.25, -0.2) is 15.0 Å². The smallest absolute Gasteiger partial charge is 0.256 e. The van der Waals surface area contributed by atoms with Crippen LogP contribution in [0.2, 0.25) is 0 Å². The predicted molar refractivity (Wildman–Crippen MR) is 115 cm³/mol. The van der Waals surface area contributed by atoms with Crippen molar-refractivity contribution in [3.8, 4) is 16.5 Å². The van der Waals surface area contributed by atoms with E-state index in [-0.39, 0.29) is 11.7 Å². The number of nitrogens with one attached hydrogen (secondary N) is 2. The molecule has 3 aromatic rings. The normalized spacial score (nSPS) is 11.1. The Labute approximate surface area is 171 Å². The van der Waals surface area contributed by atoms with Gasteiger partial charge in [-0.15, -0.1) is 11.3 Å². The predicted octanol–water partition coefficient (Wildman–Crippen LogP) is 2.75. The number of benzene rings is 1. The van der Waals surface area contributed by atoms with E-state index in [9.17, 15) is 4.79 Å². The number of pyridine rings is 1. The van der Waals surface area contributed by atoms with E-state index in [0.717, 1.165) is 11.9 Å². The number of thiazole rings is 1. The second-order valence-corrected chi connectivity index (χ2v) is 6.73. The Kier molecular flexibility index (Phi) is 6.15. The number of amides is 1. The molecule has 0 bridgehead atoms. The largest absolute Gasteiger partial charge is 0.477 e. The van der Waals surface area contributed by atoms with E-state index in [4.69, 9.17) is 21.6 Å². The Morgan fingerprint density at radius 3 is 2.79 bits per heavy atom. The fraction of sp³-hybridized carbons (Fsp3) is 0.105. The quantitative estimate of drug-likeness (QED) is 0.267. The van der Waals surface area contributed by atoms with Gasteiger partial charge in [-0.3, -0.25) is 10.2 Å². The summed E-state index contributed by atoms with van der Waals surface area (Å²) in [6, 6.07) is 10.1. The van der Waals surface area contributed by atoms with Gasteiger partial charge >= 0.3 is 0 Å². The van der Waals surface area contributed by atoms with Gasteiger partial charge in [0.2, 0.25) is 5.88 Å². The zero-order valence-corrected chi connectivity index (χ0v) is 16.4. The van der Waals surface area contributed by atoms with E-state index in [1.807, 2.05) is 6.92 Å². The van der Waals surface area contributed by atoms with Crippen LogP contribution in [0.1, 0.15) is 22.2 Å². The first-order valence-corrected chi connectivity index (χ1v) is 9.43. The summed E-state index contributed by atoms with van der Waals surface area (Å²) in [6.07, 6.45) is 2.44. The average Bonchev–Trinajstić information content (AvgIpc) is 3.13. The Balaban J connectivity index is 1.88. The Bertz CT molecular complexity index is 1060. The monoisotopic (exact) mass is 409 g/mol. The lowest BCUT2D eigenvalue weighted by Gasteiger charge is -2.06. The van der Waals surface area contributed by atoms with Crippen molar-refractivity contribution in [1.29, 1.82) is 5.41 Å². The highest BCUT2D eigenvalue weighted by Crippen LogP contribution is 2.33. The van der Waals surface area contributed by atoms with Crippen LogP contribution in [-0.4, -0.2) is 34.7 Å². The van der Waals surface area contributed by atoms with E-state index >= 15 is 0 Å². The molecule has 2 heterocycles. The molecule has 0 saturated carbocycles. The number of carbonyl (C=O) groups is 1. The van der Waals surface area contributed by atoms with E-state index in [1.165, 1.54) is 11.3 Å². The first kappa shape index (κ1) is 20.0. The van der Waals surface area contributed by atoms with Crippen LogP contribution >= 0.6 is 11.3 Å². The molecule has 0 spiro atoms. The number of hydrogen-bond donors (Lipinski definition) is 4. The van der Waals surface area contributed by atoms with Crippen LogP contribution < -0.4 is 21.5 Å². The fourth-order valence-electron chi connectivity index (χ4n) is 2.41. The summed E-state index contributed by atoms with van der Waals surface area (Å²) in [4.78, 5) is 25.4. The summed E-state index contributed by atoms with van der Waals surface area (Å²) in [6.45, 7) is 2.25. The number of carbonyl (C=O) groups excluding carboxylic acids is 1. The third kappa shape index (κ3) is 4.74. The fourth-order valence-corrected chi connectivity index (χ4v) is 3.32. The minimum atomic E-state index is -0.299. The Morgan fingerprint density at radius 1 is 1.34 bits per heavy atom. The molecule has 6 N–H and O–H groups in total. The van der Waals surface area contributed by atoms with Gasteiger partial charge in [-0.2, -0.15) is 0 Å². The highest BCUT2D eigenvalue weighted by Gasteiger charge is 2.17. The van der Waals surface area contributed by atoms with Crippen molar-refractivity contribution in [1.82, 2.24) is 9.97 Å². The van der Waals surface area contributed by atoms with Crippen molar-refractivity contribution in [2.24, 2.45) is 10.7 Å². The summed E-state index contributed by atoms with van der Waals surface area (Å²) in [5.41, 5.74) is 13.3. The average molecular weight is 409 g/mol. The van der Waals surface area contributed by atoms with Crippen LogP contribution in [0.3, 0.4) is 0 Å². The second kappa shape index (κ2) is 8.93. The van der Waals surface area contributed by atoms with Crippen LogP contribution in [0.15, 0.2) is 47.6 Å². The number of ether oxygens (including phenoxy) is 1. The van der Waals surface area contributed by atoms with Gasteiger partial charge in [0.25, 0.3) is 5.91 Å². The maximum atomic E-state index is 12.4. The number of aliphatic imine (C=N–C) groups is 1. The number of amidine groups is 1. The summed E-state index contributed by atoms with van der Waals surface area (Å²) in [5.74, 6) is 0.574. The molecule has 3 rings (SSSR count). The number of nitrogens with zero attached hydrogens (tertiary/aromatic N) is 3. The van der Waals surface area contributed by atoms with Crippen LogP contribution in [0.25, 0.3) is 10.6 Å². The minimum Gasteiger partial charge on any atom is -0.477 e. The molecule has 9 nitrogen and oxygen atoms in total. The molecule has 0 aliphatic carbocycles. The van der Waals surface area contributed by atoms with Crippen LogP contribution in [0.4, 0.5) is 11.5 Å². The van der Waals surface area contributed by atoms with Crippen molar-refractivity contribution in [2.45, 2.75) is 6.92 Å². The molecule has 29 heavy (non-hydrogen) atoms. The highest BCUT2D eigenvalue weighted by molar-refractivity contribution is 7.17. The number of nitrogens with two attached hydrogens (primary N) is 2. The molecule has 0 radical (unpaired) electrons. The lowest BCUT2D eigenvalue weighted by molar-refractivity contribution is 0.102. The number of nitrogen functional groups attached to an aromatic ring is 1. The standard InChI is InChI=1S/C19H19N7O2S/c1-2-28-18-15(16(22)24-10-20)29-19(26-18)12-7-8-23-14(9-12)25-17(27)11-3-5-13(21)6-4-11/h3-10H,2,21H2,1H3,(H3,20,22,24)(H,23,25,27). The molecular weight excluding hydrogens is 390 g/mol. The Morgan fingerprint density at radius 2 is 2.10 bits per heavy atom. The third-order valence-corrected chi connectivity index (χ3v) is 4.84. The molecule has 0 aliphatic heterocycles. The Hall–Kier alpha value is -3.79. The summed E-state index contributed by atoms with van der Waals surface area (Å²) >= 11 is 1.28. The van der Waals surface area contributed by atoms with Crippen molar-refractivity contribution >= 4 is 40.9 Å². The van der Waals surface area contributed by atoms with Crippen molar-refractivity contribution in [3.05, 3.63) is 53.0 Å². The van der Waals surface area contributed by atoms with Gasteiger partial charge in [0.1, 0.15) is 27.9 Å². The van der Waals surface area contributed by atoms with Gasteiger partial charge in [0.15, 0.2) is 0 Å². The van der Waals surface area contributed by atoms with E-state index < -0.39 is 0 Å². The summed E-state index contributed by atoms with van der Waals surface area (Å²) in [7, 11) is 0. The molecule has 0 aliphatic rings. The number of rotatable bonds is 7. The van der Waals surface area contributed by atoms with Crippen molar-refractivity contribution in [3.63, 3.8) is 0 Å². The molecule has 148 valence electrons. The maximum Gasteiger partial charge on any atom is 0.256 e. The van der Waals surface area contributed by atoms with Gasteiger partial charge in [0, 0.05) is 23.0 Å². The molecule has 0 atom stereocenters. The molecule has 0 unspecified atom stereocenters. The van der Waals surface area contributed by atoms with Crippen LogP contribution in [0, 0.1) is 5.41 Å². The highest BCUT2D eigenvalue weighted by atomic mass is 32.1. The molecule has 0 fully saturated rings. The van der Waals surface area contributed by atoms with Gasteiger partial charge < -0.3 is 21.5 Å². The number of hydrogen-bond acceptors (Lipinski definition) is 7. The first-order valence-electron chi connectivity index (χ1n) is 8.61. The third-order valence-electron chi connectivity index (χ3n) is 3.73. The maximum absolute atomic E-state index is 12.4. The van der Waals surface area contributed by atoms with Gasteiger partial charge in [0.05, 0.1) is 6.61 Å². The second-order valence-electron chi connectivity index (χ2n) is 5.74. The molecule has 2 aromatic heterocycles. The molecule has 1 amide bonds. The minimum absolute atomic E-state index is 0.151. The van der Waals surface area contributed by atoms with Crippen molar-refractivity contribution in [2.75, 3.05) is 17.7 Å².